The van der Waals surface area contributed by atoms with Crippen LogP contribution in [0.3, 0.4) is 0 Å². The molecule has 21 heavy (non-hydrogen) atoms. The van der Waals surface area contributed by atoms with Crippen LogP contribution in [0.4, 0.5) is 0 Å². The average Bonchev–Trinajstić information content (AvgIpc) is 2.52. The zero-order chi connectivity index (χ0) is 15.2. The Bertz CT molecular complexity index is 604. The van der Waals surface area contributed by atoms with Crippen LogP contribution in [0.1, 0.15) is 12.0 Å². The fraction of sp³-hybridized carbons (Fsp3) is 0.250. The number of benzene rings is 1. The molecule has 1 aromatic carbocycles. The number of methoxy groups -OCH3 is 2. The minimum atomic E-state index is -0.320. The lowest BCUT2D eigenvalue weighted by molar-refractivity contribution is -0.139. The molecule has 0 saturated carbocycles. The van der Waals surface area contributed by atoms with E-state index >= 15 is 0 Å². The van der Waals surface area contributed by atoms with Crippen molar-refractivity contribution in [2.75, 3.05) is 20.8 Å². The fourth-order valence-corrected chi connectivity index (χ4v) is 2.02. The zero-order valence-corrected chi connectivity index (χ0v) is 12.0. The molecule has 0 bridgehead atoms. The highest BCUT2D eigenvalue weighted by Gasteiger charge is 2.18. The maximum Gasteiger partial charge on any atom is 0.253 e. The topological polar surface area (TPSA) is 55.8 Å². The van der Waals surface area contributed by atoms with Gasteiger partial charge in [-0.3, -0.25) is 14.5 Å². The lowest BCUT2D eigenvalue weighted by Crippen LogP contribution is -2.37. The second-order valence-corrected chi connectivity index (χ2v) is 4.47. The number of rotatable bonds is 4. The van der Waals surface area contributed by atoms with Gasteiger partial charge in [-0.2, -0.15) is 0 Å². The third-order valence-corrected chi connectivity index (χ3v) is 3.14. The van der Waals surface area contributed by atoms with Crippen molar-refractivity contribution >= 4 is 17.9 Å². The van der Waals surface area contributed by atoms with Crippen LogP contribution in [0.2, 0.25) is 0 Å². The normalized spacial score (nSPS) is 14.6. The molecule has 0 saturated heterocycles. The summed E-state index contributed by atoms with van der Waals surface area (Å²) in [7, 11) is 3.11. The molecule has 1 aliphatic heterocycles. The van der Waals surface area contributed by atoms with Crippen LogP contribution in [0.15, 0.2) is 36.4 Å². The Balaban J connectivity index is 2.12. The van der Waals surface area contributed by atoms with Crippen molar-refractivity contribution in [1.29, 1.82) is 0 Å². The van der Waals surface area contributed by atoms with Gasteiger partial charge in [0.15, 0.2) is 11.5 Å². The number of imide groups is 1. The number of carbonyl (C=O) groups excluding carboxylic acids is 2. The van der Waals surface area contributed by atoms with Gasteiger partial charge in [-0.1, -0.05) is 12.1 Å². The molecular weight excluding hydrogens is 270 g/mol. The molecule has 0 atom stereocenters. The first-order valence-corrected chi connectivity index (χ1v) is 6.58. The Morgan fingerprint density at radius 2 is 2.00 bits per heavy atom. The first-order valence-electron chi connectivity index (χ1n) is 6.58. The summed E-state index contributed by atoms with van der Waals surface area (Å²) >= 11 is 0. The van der Waals surface area contributed by atoms with Crippen molar-refractivity contribution in [3.8, 4) is 11.5 Å². The van der Waals surface area contributed by atoms with Crippen LogP contribution in [0.25, 0.3) is 6.08 Å². The lowest BCUT2D eigenvalue weighted by Gasteiger charge is -2.19. The smallest absolute Gasteiger partial charge is 0.253 e. The number of carbonyl (C=O) groups is 2. The molecule has 0 aromatic heterocycles. The van der Waals surface area contributed by atoms with E-state index in [0.29, 0.717) is 24.5 Å². The van der Waals surface area contributed by atoms with Crippen molar-refractivity contribution in [3.63, 3.8) is 0 Å². The second kappa shape index (κ2) is 6.74. The summed E-state index contributed by atoms with van der Waals surface area (Å²) in [4.78, 5) is 24.8. The van der Waals surface area contributed by atoms with Gasteiger partial charge in [-0.15, -0.1) is 0 Å². The van der Waals surface area contributed by atoms with Gasteiger partial charge in [-0.25, -0.2) is 0 Å². The minimum Gasteiger partial charge on any atom is -0.493 e. The summed E-state index contributed by atoms with van der Waals surface area (Å²) in [6, 6.07) is 5.33. The predicted molar refractivity (Wildman–Crippen MR) is 79.1 cm³/mol. The van der Waals surface area contributed by atoms with Crippen molar-refractivity contribution in [2.45, 2.75) is 6.42 Å². The van der Waals surface area contributed by atoms with Crippen LogP contribution < -0.4 is 9.47 Å². The van der Waals surface area contributed by atoms with E-state index in [0.717, 1.165) is 5.56 Å². The van der Waals surface area contributed by atoms with E-state index in [-0.39, 0.29) is 11.8 Å². The van der Waals surface area contributed by atoms with Gasteiger partial charge in [0, 0.05) is 12.6 Å². The highest BCUT2D eigenvalue weighted by Crippen LogP contribution is 2.27. The van der Waals surface area contributed by atoms with Gasteiger partial charge < -0.3 is 9.47 Å². The van der Waals surface area contributed by atoms with Gasteiger partial charge in [0.2, 0.25) is 0 Å². The lowest BCUT2D eigenvalue weighted by atomic mass is 10.1. The van der Waals surface area contributed by atoms with E-state index in [1.165, 1.54) is 17.1 Å². The minimum absolute atomic E-state index is 0.275. The van der Waals surface area contributed by atoms with E-state index in [4.69, 9.17) is 9.47 Å². The molecule has 0 spiro atoms. The van der Waals surface area contributed by atoms with Gasteiger partial charge in [0.25, 0.3) is 11.8 Å². The van der Waals surface area contributed by atoms with Gasteiger partial charge in [-0.05, 0) is 36.3 Å². The van der Waals surface area contributed by atoms with E-state index in [1.807, 2.05) is 6.07 Å². The van der Waals surface area contributed by atoms with Crippen molar-refractivity contribution in [3.05, 3.63) is 42.0 Å². The van der Waals surface area contributed by atoms with Crippen molar-refractivity contribution in [1.82, 2.24) is 4.90 Å². The number of amides is 2. The summed E-state index contributed by atoms with van der Waals surface area (Å²) in [5, 5.41) is 0. The monoisotopic (exact) mass is 287 g/mol. The molecule has 1 aromatic rings. The number of hydrogen-bond donors (Lipinski definition) is 0. The molecule has 1 aliphatic rings. The maximum atomic E-state index is 12.0. The van der Waals surface area contributed by atoms with E-state index < -0.39 is 0 Å². The van der Waals surface area contributed by atoms with Gasteiger partial charge in [0.1, 0.15) is 0 Å². The van der Waals surface area contributed by atoms with E-state index in [9.17, 15) is 9.59 Å². The Kier molecular flexibility index (Phi) is 4.77. The molecule has 0 aliphatic carbocycles. The summed E-state index contributed by atoms with van der Waals surface area (Å²) < 4.78 is 10.3. The third kappa shape index (κ3) is 3.51. The van der Waals surface area contributed by atoms with E-state index in [1.54, 1.807) is 38.5 Å². The third-order valence-electron chi connectivity index (χ3n) is 3.14. The molecule has 110 valence electrons. The van der Waals surface area contributed by atoms with Gasteiger partial charge in [0.05, 0.1) is 14.2 Å². The second-order valence-electron chi connectivity index (χ2n) is 4.47. The Morgan fingerprint density at radius 3 is 2.67 bits per heavy atom. The van der Waals surface area contributed by atoms with Crippen LogP contribution in [0.5, 0.6) is 11.5 Å². The zero-order valence-electron chi connectivity index (χ0n) is 12.0. The van der Waals surface area contributed by atoms with E-state index in [2.05, 4.69) is 0 Å². The number of nitrogens with zero attached hydrogens (tertiary/aromatic N) is 1. The first-order chi connectivity index (χ1) is 10.2. The predicted octanol–water partition coefficient (Wildman–Crippen LogP) is 2.03. The van der Waals surface area contributed by atoms with Crippen LogP contribution in [0, 0.1) is 0 Å². The number of hydrogen-bond acceptors (Lipinski definition) is 4. The summed E-state index contributed by atoms with van der Waals surface area (Å²) in [6.07, 6.45) is 6.92. The molecule has 0 unspecified atom stereocenters. The summed E-state index contributed by atoms with van der Waals surface area (Å²) in [5.41, 5.74) is 0.793. The maximum absolute atomic E-state index is 12.0. The van der Waals surface area contributed by atoms with Crippen LogP contribution in [-0.2, 0) is 9.59 Å². The molecule has 1 heterocycles. The molecular formula is C16H17NO4. The summed E-state index contributed by atoms with van der Waals surface area (Å²) in [5.74, 6) is 0.615. The highest BCUT2D eigenvalue weighted by molar-refractivity contribution is 6.06. The first kappa shape index (κ1) is 14.8. The molecule has 5 nitrogen and oxygen atoms in total. The molecule has 2 amide bonds. The fourth-order valence-electron chi connectivity index (χ4n) is 2.02. The average molecular weight is 287 g/mol. The quantitative estimate of drug-likeness (QED) is 0.795. The molecule has 2 rings (SSSR count). The Hall–Kier alpha value is -2.56. The standard InChI is InChI=1S/C16H17NO4/c1-20-13-8-6-12(11-14(13)21-2)7-9-16(19)17-10-4-3-5-15(17)18/h3,5-9,11H,4,10H2,1-2H3/b9-7+. The highest BCUT2D eigenvalue weighted by atomic mass is 16.5. The van der Waals surface area contributed by atoms with Crippen molar-refractivity contribution in [2.24, 2.45) is 0 Å². The molecule has 0 fully saturated rings. The number of ether oxygens (including phenoxy) is 2. The molecule has 0 N–H and O–H groups in total. The Morgan fingerprint density at radius 1 is 1.24 bits per heavy atom. The Labute approximate surface area is 123 Å². The van der Waals surface area contributed by atoms with Gasteiger partial charge >= 0.3 is 0 Å². The van der Waals surface area contributed by atoms with Crippen molar-refractivity contribution < 1.29 is 19.1 Å². The summed E-state index contributed by atoms with van der Waals surface area (Å²) in [6.45, 7) is 0.421. The largest absolute Gasteiger partial charge is 0.493 e. The molecule has 5 heteroatoms. The SMILES string of the molecule is COc1ccc(/C=C/C(=O)N2CCC=CC2=O)cc1OC. The van der Waals surface area contributed by atoms with Crippen LogP contribution in [-0.4, -0.2) is 37.5 Å². The van der Waals surface area contributed by atoms with Crippen LogP contribution >= 0.6 is 0 Å². The molecule has 0 radical (unpaired) electrons.